The number of nitro benzene ring substituents is 1. The fourth-order valence-electron chi connectivity index (χ4n) is 3.48. The number of furan rings is 1. The van der Waals surface area contributed by atoms with Gasteiger partial charge in [0.25, 0.3) is 11.6 Å². The van der Waals surface area contributed by atoms with Crippen molar-refractivity contribution in [2.24, 2.45) is 5.92 Å². The number of ether oxygens (including phenoxy) is 1. The molecule has 1 heterocycles. The Morgan fingerprint density at radius 2 is 1.79 bits per heavy atom. The Morgan fingerprint density at radius 1 is 1.14 bits per heavy atom. The topological polar surface area (TPSA) is 103 Å². The molecular formula is C21H24N2O6. The molecule has 0 radical (unpaired) electrons. The van der Waals surface area contributed by atoms with E-state index < -0.39 is 10.9 Å². The van der Waals surface area contributed by atoms with Gasteiger partial charge in [0.1, 0.15) is 5.76 Å². The molecule has 0 atom stereocenters. The molecule has 1 aromatic heterocycles. The minimum Gasteiger partial charge on any atom is -0.450 e. The van der Waals surface area contributed by atoms with Gasteiger partial charge in [-0.05, 0) is 55.9 Å². The lowest BCUT2D eigenvalue weighted by Crippen LogP contribution is -2.41. The van der Waals surface area contributed by atoms with Gasteiger partial charge in [0.05, 0.1) is 4.92 Å². The number of amides is 1. The summed E-state index contributed by atoms with van der Waals surface area (Å²) >= 11 is 0. The Hall–Kier alpha value is -3.16. The zero-order chi connectivity index (χ0) is 21.0. The molecule has 0 aliphatic heterocycles. The van der Waals surface area contributed by atoms with Crippen molar-refractivity contribution in [1.82, 2.24) is 4.90 Å². The summed E-state index contributed by atoms with van der Waals surface area (Å²) in [6, 6.07) is 9.01. The highest BCUT2D eigenvalue weighted by molar-refractivity contribution is 5.89. The van der Waals surface area contributed by atoms with E-state index >= 15 is 0 Å². The predicted octanol–water partition coefficient (Wildman–Crippen LogP) is 4.05. The minimum absolute atomic E-state index is 0.0275. The molecule has 1 saturated carbocycles. The van der Waals surface area contributed by atoms with Crippen molar-refractivity contribution in [2.75, 3.05) is 13.7 Å². The number of rotatable bonds is 6. The van der Waals surface area contributed by atoms with Crippen LogP contribution in [0.25, 0.3) is 11.3 Å². The van der Waals surface area contributed by atoms with Crippen molar-refractivity contribution < 1.29 is 23.7 Å². The quantitative estimate of drug-likeness (QED) is 0.412. The normalized spacial score (nSPS) is 18.8. The maximum absolute atomic E-state index is 12.3. The highest BCUT2D eigenvalue weighted by atomic mass is 16.6. The molecule has 2 aromatic rings. The lowest BCUT2D eigenvalue weighted by Gasteiger charge is -2.33. The van der Waals surface area contributed by atoms with Crippen LogP contribution >= 0.6 is 0 Å². The second kappa shape index (κ2) is 8.89. The summed E-state index contributed by atoms with van der Waals surface area (Å²) in [5.74, 6) is 0.0839. The molecule has 29 heavy (non-hydrogen) atoms. The molecule has 0 N–H and O–H groups in total. The van der Waals surface area contributed by atoms with Crippen molar-refractivity contribution in [3.05, 3.63) is 52.3 Å². The lowest BCUT2D eigenvalue weighted by molar-refractivity contribution is -0.384. The van der Waals surface area contributed by atoms with Crippen LogP contribution in [0.5, 0.6) is 0 Å². The van der Waals surface area contributed by atoms with E-state index in [0.717, 1.165) is 25.7 Å². The molecule has 8 nitrogen and oxygen atoms in total. The Kier molecular flexibility index (Phi) is 6.31. The van der Waals surface area contributed by atoms with Gasteiger partial charge in [-0.15, -0.1) is 0 Å². The lowest BCUT2D eigenvalue weighted by atomic mass is 9.87. The van der Waals surface area contributed by atoms with E-state index in [4.69, 9.17) is 9.15 Å². The second-order valence-corrected chi connectivity index (χ2v) is 7.46. The molecule has 1 aromatic carbocycles. The van der Waals surface area contributed by atoms with Crippen LogP contribution in [0.1, 0.15) is 43.2 Å². The molecule has 0 bridgehead atoms. The summed E-state index contributed by atoms with van der Waals surface area (Å²) in [6.45, 7) is 1.88. The maximum atomic E-state index is 12.3. The Morgan fingerprint density at radius 3 is 2.41 bits per heavy atom. The van der Waals surface area contributed by atoms with Crippen LogP contribution in [0, 0.1) is 16.0 Å². The second-order valence-electron chi connectivity index (χ2n) is 7.46. The van der Waals surface area contributed by atoms with Crippen LogP contribution < -0.4 is 0 Å². The number of hydrogen-bond donors (Lipinski definition) is 0. The Balaban J connectivity index is 1.54. The fraction of sp³-hybridized carbons (Fsp3) is 0.429. The fourth-order valence-corrected chi connectivity index (χ4v) is 3.48. The SMILES string of the molecule is CC1CCC(N(C)C(=O)COC(=O)c2ccc(-c3ccc([N+](=O)[O-])cc3)o2)CC1. The average Bonchev–Trinajstić information content (AvgIpc) is 3.22. The van der Waals surface area contributed by atoms with Crippen molar-refractivity contribution >= 4 is 17.6 Å². The van der Waals surface area contributed by atoms with E-state index in [1.807, 2.05) is 0 Å². The number of non-ortho nitro benzene ring substituents is 1. The first kappa shape index (κ1) is 20.6. The van der Waals surface area contributed by atoms with Crippen molar-refractivity contribution in [3.63, 3.8) is 0 Å². The van der Waals surface area contributed by atoms with Gasteiger partial charge >= 0.3 is 5.97 Å². The molecule has 1 amide bonds. The molecule has 8 heteroatoms. The van der Waals surface area contributed by atoms with Crippen LogP contribution in [0.2, 0.25) is 0 Å². The van der Waals surface area contributed by atoms with E-state index in [-0.39, 0.29) is 30.0 Å². The number of nitrogens with zero attached hydrogens (tertiary/aromatic N) is 2. The highest BCUT2D eigenvalue weighted by Gasteiger charge is 2.25. The van der Waals surface area contributed by atoms with E-state index in [1.54, 1.807) is 18.0 Å². The molecule has 154 valence electrons. The summed E-state index contributed by atoms with van der Waals surface area (Å²) in [7, 11) is 1.75. The van der Waals surface area contributed by atoms with Crippen molar-refractivity contribution in [3.8, 4) is 11.3 Å². The molecule has 0 saturated heterocycles. The minimum atomic E-state index is -0.725. The summed E-state index contributed by atoms with van der Waals surface area (Å²) < 4.78 is 10.6. The third kappa shape index (κ3) is 5.01. The van der Waals surface area contributed by atoms with E-state index in [0.29, 0.717) is 17.2 Å². The van der Waals surface area contributed by atoms with Gasteiger partial charge in [0.2, 0.25) is 5.76 Å². The third-order valence-electron chi connectivity index (χ3n) is 5.42. The van der Waals surface area contributed by atoms with Gasteiger partial charge in [0, 0.05) is 30.8 Å². The van der Waals surface area contributed by atoms with Crippen LogP contribution in [0.4, 0.5) is 5.69 Å². The van der Waals surface area contributed by atoms with Crippen LogP contribution in [-0.2, 0) is 9.53 Å². The number of carbonyl (C=O) groups excluding carboxylic acids is 2. The van der Waals surface area contributed by atoms with Crippen LogP contribution in [-0.4, -0.2) is 41.4 Å². The number of likely N-dealkylation sites (N-methyl/N-ethyl adjacent to an activating group) is 1. The third-order valence-corrected chi connectivity index (χ3v) is 5.42. The molecule has 0 unspecified atom stereocenters. The largest absolute Gasteiger partial charge is 0.450 e. The molecular weight excluding hydrogens is 376 g/mol. The number of benzene rings is 1. The smallest absolute Gasteiger partial charge is 0.374 e. The Labute approximate surface area is 168 Å². The van der Waals surface area contributed by atoms with E-state index in [9.17, 15) is 19.7 Å². The molecule has 1 aliphatic rings. The molecule has 0 spiro atoms. The first-order chi connectivity index (χ1) is 13.8. The van der Waals surface area contributed by atoms with E-state index in [2.05, 4.69) is 6.92 Å². The summed E-state index contributed by atoms with van der Waals surface area (Å²) in [4.78, 5) is 36.4. The number of hydrogen-bond acceptors (Lipinski definition) is 6. The average molecular weight is 400 g/mol. The first-order valence-corrected chi connectivity index (χ1v) is 9.62. The number of carbonyl (C=O) groups is 2. The highest BCUT2D eigenvalue weighted by Crippen LogP contribution is 2.27. The molecule has 1 fully saturated rings. The molecule has 1 aliphatic carbocycles. The first-order valence-electron chi connectivity index (χ1n) is 9.62. The zero-order valence-electron chi connectivity index (χ0n) is 16.5. The summed E-state index contributed by atoms with van der Waals surface area (Å²) in [5, 5.41) is 10.7. The van der Waals surface area contributed by atoms with Gasteiger partial charge in [-0.1, -0.05) is 6.92 Å². The standard InChI is InChI=1S/C21H24N2O6/c1-14-3-7-16(8-4-14)22(2)20(24)13-28-21(25)19-12-11-18(29-19)15-5-9-17(10-6-15)23(26)27/h5-6,9-12,14,16H,3-4,7-8,13H2,1-2H3. The Bertz CT molecular complexity index is 881. The number of esters is 1. The van der Waals surface area contributed by atoms with Crippen LogP contribution in [0.15, 0.2) is 40.8 Å². The monoisotopic (exact) mass is 400 g/mol. The maximum Gasteiger partial charge on any atom is 0.374 e. The van der Waals surface area contributed by atoms with Gasteiger partial charge in [-0.2, -0.15) is 0 Å². The van der Waals surface area contributed by atoms with Gasteiger partial charge < -0.3 is 14.1 Å². The summed E-state index contributed by atoms with van der Waals surface area (Å²) in [5.41, 5.74) is 0.562. The van der Waals surface area contributed by atoms with E-state index in [1.165, 1.54) is 30.3 Å². The predicted molar refractivity (Wildman–Crippen MR) is 105 cm³/mol. The summed E-state index contributed by atoms with van der Waals surface area (Å²) in [6.07, 6.45) is 4.13. The zero-order valence-corrected chi connectivity index (χ0v) is 16.5. The van der Waals surface area contributed by atoms with Crippen molar-refractivity contribution in [1.29, 1.82) is 0 Å². The van der Waals surface area contributed by atoms with Gasteiger partial charge in [-0.3, -0.25) is 14.9 Å². The molecule has 3 rings (SSSR count). The van der Waals surface area contributed by atoms with Gasteiger partial charge in [-0.25, -0.2) is 4.79 Å². The van der Waals surface area contributed by atoms with Gasteiger partial charge in [0.15, 0.2) is 6.61 Å². The number of nitro groups is 1. The van der Waals surface area contributed by atoms with Crippen molar-refractivity contribution in [2.45, 2.75) is 38.6 Å². The van der Waals surface area contributed by atoms with Crippen LogP contribution in [0.3, 0.4) is 0 Å².